The summed E-state index contributed by atoms with van der Waals surface area (Å²) in [5.41, 5.74) is 8.92. The smallest absolute Gasteiger partial charge is 0.282 e. The Bertz CT molecular complexity index is 2320. The number of imide groups is 1. The zero-order valence-electron chi connectivity index (χ0n) is 32.3. The van der Waals surface area contributed by atoms with Gasteiger partial charge >= 0.3 is 0 Å². The summed E-state index contributed by atoms with van der Waals surface area (Å²) in [7, 11) is 0. The molecule has 0 spiro atoms. The zero-order chi connectivity index (χ0) is 38.6. The van der Waals surface area contributed by atoms with Crippen LogP contribution in [0.4, 0.5) is 5.69 Å². The summed E-state index contributed by atoms with van der Waals surface area (Å²) in [5, 5.41) is 2.06. The van der Waals surface area contributed by atoms with Crippen molar-refractivity contribution in [3.05, 3.63) is 98.6 Å². The molecule has 3 saturated heterocycles. The third-order valence-corrected chi connectivity index (χ3v) is 14.6. The normalized spacial score (nSPS) is 26.1. The van der Waals surface area contributed by atoms with Crippen LogP contribution in [0.15, 0.2) is 65.5 Å². The first kappa shape index (κ1) is 35.8. The van der Waals surface area contributed by atoms with Gasteiger partial charge in [-0.3, -0.25) is 29.2 Å². The van der Waals surface area contributed by atoms with Crippen LogP contribution in [-0.4, -0.2) is 74.8 Å². The molecular weight excluding hydrogens is 724 g/mol. The second-order valence-electron chi connectivity index (χ2n) is 18.2. The highest BCUT2D eigenvalue weighted by Gasteiger charge is 2.72. The van der Waals surface area contributed by atoms with Gasteiger partial charge in [0.1, 0.15) is 5.82 Å². The summed E-state index contributed by atoms with van der Waals surface area (Å²) < 4.78 is 2.16. The minimum absolute atomic E-state index is 0.135. The Kier molecular flexibility index (Phi) is 8.32. The Labute approximate surface area is 332 Å². The van der Waals surface area contributed by atoms with E-state index in [0.717, 1.165) is 105 Å². The number of carbonyl (C=O) groups excluding carboxylic acids is 3. The molecule has 10 nitrogen and oxygen atoms in total. The lowest BCUT2D eigenvalue weighted by Crippen LogP contribution is -2.71. The van der Waals surface area contributed by atoms with Crippen molar-refractivity contribution in [1.29, 1.82) is 0 Å². The van der Waals surface area contributed by atoms with Gasteiger partial charge in [-0.1, -0.05) is 41.9 Å². The summed E-state index contributed by atoms with van der Waals surface area (Å²) in [6, 6.07) is 20.6. The number of amides is 3. The minimum atomic E-state index is -0.391. The molecule has 3 saturated carbocycles. The quantitative estimate of drug-likeness (QED) is 0.197. The fourth-order valence-corrected chi connectivity index (χ4v) is 11.7. The van der Waals surface area contributed by atoms with E-state index in [1.807, 2.05) is 24.3 Å². The number of carbonyl (C=O) groups is 3. The third kappa shape index (κ3) is 5.64. The molecule has 0 atom stereocenters. The van der Waals surface area contributed by atoms with E-state index in [9.17, 15) is 19.2 Å². The van der Waals surface area contributed by atoms with Gasteiger partial charge in [-0.05, 0) is 143 Å². The molecule has 1 N–H and O–H groups in total. The number of anilines is 1. The molecule has 3 amide bonds. The van der Waals surface area contributed by atoms with Gasteiger partial charge in [0.25, 0.3) is 5.56 Å². The highest BCUT2D eigenvalue weighted by Crippen LogP contribution is 2.74. The van der Waals surface area contributed by atoms with E-state index < -0.39 is 5.41 Å². The molecule has 6 fully saturated rings. The fourth-order valence-electron chi connectivity index (χ4n) is 11.4. The maximum Gasteiger partial charge on any atom is 0.282 e. The van der Waals surface area contributed by atoms with Crippen molar-refractivity contribution in [2.24, 2.45) is 10.8 Å². The van der Waals surface area contributed by atoms with Crippen molar-refractivity contribution < 1.29 is 14.4 Å². The highest BCUT2D eigenvalue weighted by molar-refractivity contribution is 6.35. The third-order valence-electron chi connectivity index (χ3n) is 14.3. The van der Waals surface area contributed by atoms with Crippen LogP contribution >= 0.6 is 11.6 Å². The Morgan fingerprint density at radius 1 is 0.839 bits per heavy atom. The number of hydrazine groups is 1. The summed E-state index contributed by atoms with van der Waals surface area (Å²) in [6.45, 7) is 9.12. The van der Waals surface area contributed by atoms with Gasteiger partial charge in [0.2, 0.25) is 17.7 Å². The molecule has 0 unspecified atom stereocenters. The van der Waals surface area contributed by atoms with Crippen molar-refractivity contribution in [3.8, 4) is 5.69 Å². The van der Waals surface area contributed by atoms with Crippen LogP contribution in [0, 0.1) is 10.8 Å². The van der Waals surface area contributed by atoms with Crippen LogP contribution in [-0.2, 0) is 19.8 Å². The van der Waals surface area contributed by atoms with Gasteiger partial charge in [-0.2, -0.15) is 9.99 Å². The Morgan fingerprint density at radius 3 is 2.18 bits per heavy atom. The van der Waals surface area contributed by atoms with E-state index >= 15 is 0 Å². The Hall–Kier alpha value is -4.54. The van der Waals surface area contributed by atoms with Crippen molar-refractivity contribution in [3.63, 3.8) is 0 Å². The van der Waals surface area contributed by atoms with Crippen LogP contribution in [0.25, 0.3) is 16.6 Å². The topological polar surface area (TPSA) is 108 Å². The fraction of sp³-hybridized carbons (Fsp3) is 0.489. The second kappa shape index (κ2) is 13.0. The van der Waals surface area contributed by atoms with Crippen LogP contribution in [0.1, 0.15) is 112 Å². The van der Waals surface area contributed by atoms with Gasteiger partial charge in [0.15, 0.2) is 0 Å². The van der Waals surface area contributed by atoms with E-state index in [1.54, 1.807) is 6.07 Å². The number of rotatable bonds is 7. The Morgan fingerprint density at radius 2 is 1.48 bits per heavy atom. The minimum Gasteiger partial charge on any atom is -0.342 e. The number of halogens is 1. The van der Waals surface area contributed by atoms with Crippen molar-refractivity contribution in [2.45, 2.75) is 95.3 Å². The van der Waals surface area contributed by atoms with Crippen molar-refractivity contribution in [1.82, 2.24) is 24.4 Å². The molecule has 7 aliphatic rings. The summed E-state index contributed by atoms with van der Waals surface area (Å²) >= 11 is 6.51. The van der Waals surface area contributed by atoms with E-state index in [0.29, 0.717) is 52.8 Å². The standard InChI is InChI=1S/C45H49ClN6O4/c1-43(2)33-14-11-31(23-36(33)51-35-6-3-5-34(46)39(35)40(55)47-41(43)51)30-15-19-49(20-16-30)27-44-24-45(25-44,26-44)42(56)50-21-17-29(18-22-50)28-9-12-32(13-10-28)48-52-37(53)7-4-8-38(52)54/h3,5-6,9-14,23,29-30,48H,4,7-8,15-22,24-27H2,1-2H3. The lowest BCUT2D eigenvalue weighted by Gasteiger charge is -2.71. The first-order valence-corrected chi connectivity index (χ1v) is 20.9. The number of aromatic nitrogens is 2. The van der Waals surface area contributed by atoms with Gasteiger partial charge in [-0.15, -0.1) is 0 Å². The molecule has 3 aromatic carbocycles. The molecular formula is C45H49ClN6O4. The summed E-state index contributed by atoms with van der Waals surface area (Å²) in [6.07, 6.45) is 8.61. The number of likely N-dealkylation sites (tertiary alicyclic amines) is 2. The number of hydrogen-bond donors (Lipinski definition) is 1. The molecule has 11 heteroatoms. The first-order chi connectivity index (χ1) is 26.9. The zero-order valence-corrected chi connectivity index (χ0v) is 33.0. The predicted molar refractivity (Wildman–Crippen MR) is 216 cm³/mol. The van der Waals surface area contributed by atoms with Crippen molar-refractivity contribution in [2.75, 3.05) is 38.1 Å². The molecule has 2 bridgehead atoms. The number of fused-ring (bicyclic) bond motifs is 5. The Balaban J connectivity index is 0.720. The molecule has 1 aromatic heterocycles. The molecule has 4 aliphatic heterocycles. The van der Waals surface area contributed by atoms with Gasteiger partial charge < -0.3 is 9.80 Å². The average molecular weight is 773 g/mol. The van der Waals surface area contributed by atoms with Crippen molar-refractivity contribution >= 4 is 45.9 Å². The molecule has 0 radical (unpaired) electrons. The van der Waals surface area contributed by atoms with E-state index in [1.165, 1.54) is 16.7 Å². The SMILES string of the molecule is CC1(C)c2ccc(C3CCN(CC45CC(C(=O)N6CCC(c7ccc(NN8C(=O)CCCC8=O)cc7)CC6)(C4)C5)CC3)cc2-n2c1nc(=O)c1c(Cl)cccc12. The van der Waals surface area contributed by atoms with Gasteiger partial charge in [0.05, 0.1) is 38.1 Å². The number of piperidine rings is 3. The highest BCUT2D eigenvalue weighted by atomic mass is 35.5. The van der Waals surface area contributed by atoms with Gasteiger partial charge in [-0.25, -0.2) is 0 Å². The van der Waals surface area contributed by atoms with Crippen LogP contribution in [0.2, 0.25) is 5.02 Å². The maximum atomic E-state index is 13.8. The lowest BCUT2D eigenvalue weighted by atomic mass is 9.34. The first-order valence-electron chi connectivity index (χ1n) is 20.5. The molecule has 56 heavy (non-hydrogen) atoms. The summed E-state index contributed by atoms with van der Waals surface area (Å²) in [5.74, 6) is 1.66. The van der Waals surface area contributed by atoms with Crippen LogP contribution in [0.3, 0.4) is 0 Å². The molecule has 11 rings (SSSR count). The molecule has 5 heterocycles. The molecule has 3 aliphatic carbocycles. The predicted octanol–water partition coefficient (Wildman–Crippen LogP) is 7.30. The molecule has 4 aromatic rings. The summed E-state index contributed by atoms with van der Waals surface area (Å²) in [4.78, 5) is 60.6. The largest absolute Gasteiger partial charge is 0.342 e. The number of benzene rings is 3. The van der Waals surface area contributed by atoms with E-state index in [-0.39, 0.29) is 22.8 Å². The maximum absolute atomic E-state index is 13.8. The number of hydrogen-bond acceptors (Lipinski definition) is 7. The number of nitrogens with one attached hydrogen (secondary N) is 1. The van der Waals surface area contributed by atoms with Crippen LogP contribution in [0.5, 0.6) is 0 Å². The molecule has 290 valence electrons. The van der Waals surface area contributed by atoms with E-state index in [4.69, 9.17) is 11.6 Å². The van der Waals surface area contributed by atoms with Gasteiger partial charge in [0, 0.05) is 32.5 Å². The number of nitrogens with zero attached hydrogens (tertiary/aromatic N) is 5. The van der Waals surface area contributed by atoms with E-state index in [2.05, 4.69) is 69.0 Å². The monoisotopic (exact) mass is 772 g/mol. The lowest BCUT2D eigenvalue weighted by molar-refractivity contribution is -0.223. The average Bonchev–Trinajstić information content (AvgIpc) is 3.39. The van der Waals surface area contributed by atoms with Crippen LogP contribution < -0.4 is 11.0 Å². The second-order valence-corrected chi connectivity index (χ2v) is 18.7.